The Balaban J connectivity index is 1.37. The first-order chi connectivity index (χ1) is 28.8. The van der Waals surface area contributed by atoms with E-state index in [4.69, 9.17) is 0 Å². The number of amides is 4. The van der Waals surface area contributed by atoms with Gasteiger partial charge in [0.2, 0.25) is 11.8 Å². The van der Waals surface area contributed by atoms with Crippen molar-refractivity contribution in [3.8, 4) is 11.1 Å². The summed E-state index contributed by atoms with van der Waals surface area (Å²) in [7, 11) is 0. The summed E-state index contributed by atoms with van der Waals surface area (Å²) in [6.45, 7) is 0. The van der Waals surface area contributed by atoms with E-state index in [1.165, 1.54) is 47.7 Å². The minimum Gasteiger partial charge on any atom is -0.481 e. The molecule has 0 radical (unpaired) electrons. The van der Waals surface area contributed by atoms with Crippen molar-refractivity contribution in [2.45, 2.75) is 62.4 Å². The number of ketones is 1. The average molecular weight is 835 g/mol. The molecule has 5 aromatic rings. The molecule has 13 nitrogen and oxygen atoms in total. The Morgan fingerprint density at radius 1 is 0.600 bits per heavy atom. The summed E-state index contributed by atoms with van der Waals surface area (Å²) in [4.78, 5) is 82.2. The fourth-order valence-corrected chi connectivity index (χ4v) is 7.55. The third kappa shape index (κ3) is 11.6. The van der Waals surface area contributed by atoms with Crippen LogP contribution in [-0.4, -0.2) is 81.0 Å². The number of benzene rings is 4. The molecule has 0 saturated carbocycles. The van der Waals surface area contributed by atoms with Gasteiger partial charge in [0.05, 0.1) is 12.0 Å². The summed E-state index contributed by atoms with van der Waals surface area (Å²) < 4.78 is 13.6. The Labute approximate surface area is 348 Å². The van der Waals surface area contributed by atoms with E-state index < -0.39 is 83.9 Å². The van der Waals surface area contributed by atoms with Crippen molar-refractivity contribution in [2.75, 3.05) is 5.32 Å². The van der Waals surface area contributed by atoms with Crippen molar-refractivity contribution < 1.29 is 48.5 Å². The van der Waals surface area contributed by atoms with Crippen molar-refractivity contribution in [1.82, 2.24) is 16.0 Å². The molecule has 0 unspecified atom stereocenters. The molecule has 2 aliphatic heterocycles. The summed E-state index contributed by atoms with van der Waals surface area (Å²) in [5, 5.41) is 43.8. The number of fused-ring (bicyclic) bond motifs is 18. The second kappa shape index (κ2) is 19.9. The van der Waals surface area contributed by atoms with E-state index in [2.05, 4.69) is 21.3 Å². The van der Waals surface area contributed by atoms with Gasteiger partial charge in [-0.05, 0) is 76.4 Å². The predicted octanol–water partition coefficient (Wildman–Crippen LogP) is 3.61. The zero-order valence-electron chi connectivity index (χ0n) is 32.1. The molecule has 2 aliphatic rings. The SMILES string of the molecule is O=C(O)[C@H]1CC(=O)[C@@H](Cc2ccccc2)NC(=O)[C@H](Cc2ccc(-c3ccc(F)cc3)cc2)NC(=O)[C@@H](Cc2cccs2)NC(=O)[C@H](O)[C@@H](O)C(=O)Nc2ccc(cc2)C1. The highest BCUT2D eigenvalue weighted by atomic mass is 32.1. The maximum Gasteiger partial charge on any atom is 0.307 e. The van der Waals surface area contributed by atoms with E-state index in [9.17, 15) is 48.5 Å². The maximum absolute atomic E-state index is 14.4. The Bertz CT molecular complexity index is 2290. The molecule has 7 rings (SSSR count). The quantitative estimate of drug-likeness (QED) is 0.114. The number of halogens is 1. The third-order valence-corrected chi connectivity index (χ3v) is 11.0. The molecule has 7 N–H and O–H groups in total. The summed E-state index contributed by atoms with van der Waals surface area (Å²) in [5.41, 5.74) is 3.43. The van der Waals surface area contributed by atoms with Crippen LogP contribution in [0.15, 0.2) is 121 Å². The number of thiophene rings is 1. The standard InChI is InChI=1S/C45H43FN4O9S/c46-32-16-14-30(15-17-32)29-12-8-28(9-13-29)23-36-41(54)48-35(22-26-5-2-1-3-6-26)38(51)24-31(45(58)59)21-27-10-18-33(19-11-27)47-43(56)39(52)40(53)44(57)50-37(42(55)49-36)25-34-7-4-20-60-34/h1-20,31,35-37,39-40,52-53H,21-25H2,(H,47,56)(H,48,54)(H,49,55)(H,50,57)(H,58,59)/t31-,35-,36+,37-,39-,40-/m1/s1. The van der Waals surface area contributed by atoms with E-state index in [0.29, 0.717) is 21.6 Å². The summed E-state index contributed by atoms with van der Waals surface area (Å²) in [6, 6.07) is 27.1. The molecule has 15 heteroatoms. The first-order valence-corrected chi connectivity index (χ1v) is 20.0. The lowest BCUT2D eigenvalue weighted by Crippen LogP contribution is -2.58. The predicted molar refractivity (Wildman–Crippen MR) is 221 cm³/mol. The van der Waals surface area contributed by atoms with Crippen molar-refractivity contribution >= 4 is 52.4 Å². The molecule has 0 fully saturated rings. The molecule has 0 saturated heterocycles. The number of rotatable bonds is 8. The molecule has 6 atom stereocenters. The summed E-state index contributed by atoms with van der Waals surface area (Å²) in [6.07, 6.45) is -5.30. The molecule has 1 aromatic heterocycles. The molecule has 2 bridgehead atoms. The van der Waals surface area contributed by atoms with Crippen molar-refractivity contribution in [3.05, 3.63) is 148 Å². The van der Waals surface area contributed by atoms with E-state index in [0.717, 1.165) is 11.1 Å². The number of Topliss-reactive ketones (excluding diaryl/α,β-unsaturated/α-hetero) is 1. The topological polar surface area (TPSA) is 211 Å². The lowest BCUT2D eigenvalue weighted by atomic mass is 9.90. The molecule has 4 aromatic carbocycles. The average Bonchev–Trinajstić information content (AvgIpc) is 3.76. The van der Waals surface area contributed by atoms with Crippen LogP contribution in [0.25, 0.3) is 11.1 Å². The molecule has 4 amide bonds. The Morgan fingerprint density at radius 3 is 1.77 bits per heavy atom. The molecular formula is C45H43FN4O9S. The lowest BCUT2D eigenvalue weighted by Gasteiger charge is -2.26. The van der Waals surface area contributed by atoms with Crippen LogP contribution >= 0.6 is 11.3 Å². The Kier molecular flexibility index (Phi) is 14.3. The van der Waals surface area contributed by atoms with Crippen LogP contribution < -0.4 is 21.3 Å². The second-order valence-electron chi connectivity index (χ2n) is 14.6. The molecule has 310 valence electrons. The normalized spacial score (nSPS) is 22.1. The summed E-state index contributed by atoms with van der Waals surface area (Å²) in [5.74, 6) is -7.40. The number of hydrogen-bond acceptors (Lipinski definition) is 9. The van der Waals surface area contributed by atoms with Crippen LogP contribution in [0.2, 0.25) is 0 Å². The second-order valence-corrected chi connectivity index (χ2v) is 15.6. The largest absolute Gasteiger partial charge is 0.481 e. The van der Waals surface area contributed by atoms with Crippen LogP contribution in [0.3, 0.4) is 0 Å². The van der Waals surface area contributed by atoms with Crippen LogP contribution in [0.1, 0.15) is 28.0 Å². The Hall–Kier alpha value is -6.55. The minimum atomic E-state index is -2.31. The fourth-order valence-electron chi connectivity index (χ4n) is 6.80. The van der Waals surface area contributed by atoms with Gasteiger partial charge in [0.1, 0.15) is 17.9 Å². The van der Waals surface area contributed by atoms with E-state index >= 15 is 0 Å². The van der Waals surface area contributed by atoms with E-state index in [1.54, 1.807) is 84.2 Å². The Morgan fingerprint density at radius 2 is 1.15 bits per heavy atom. The number of carbonyl (C=O) groups is 6. The first-order valence-electron chi connectivity index (χ1n) is 19.2. The molecule has 60 heavy (non-hydrogen) atoms. The fraction of sp³-hybridized carbons (Fsp3) is 0.244. The van der Waals surface area contributed by atoms with Gasteiger partial charge in [-0.15, -0.1) is 11.3 Å². The smallest absolute Gasteiger partial charge is 0.307 e. The van der Waals surface area contributed by atoms with Crippen molar-refractivity contribution in [1.29, 1.82) is 0 Å². The van der Waals surface area contributed by atoms with E-state index in [-0.39, 0.29) is 31.4 Å². The number of nitrogens with one attached hydrogen (secondary N) is 4. The number of anilines is 1. The number of carbonyl (C=O) groups excluding carboxylic acids is 5. The van der Waals surface area contributed by atoms with Crippen LogP contribution in [0.5, 0.6) is 0 Å². The van der Waals surface area contributed by atoms with Gasteiger partial charge in [-0.1, -0.05) is 84.9 Å². The number of carboxylic acid groups (broad SMARTS) is 1. The number of aliphatic hydroxyl groups is 2. The highest BCUT2D eigenvalue weighted by Crippen LogP contribution is 2.22. The molecular weight excluding hydrogens is 792 g/mol. The monoisotopic (exact) mass is 834 g/mol. The van der Waals surface area contributed by atoms with Crippen molar-refractivity contribution in [2.24, 2.45) is 5.92 Å². The van der Waals surface area contributed by atoms with Gasteiger partial charge in [-0.2, -0.15) is 0 Å². The minimum absolute atomic E-state index is 0.0104. The van der Waals surface area contributed by atoms with Gasteiger partial charge in [0.15, 0.2) is 18.0 Å². The summed E-state index contributed by atoms with van der Waals surface area (Å²) >= 11 is 1.28. The van der Waals surface area contributed by atoms with Gasteiger partial charge >= 0.3 is 5.97 Å². The third-order valence-electron chi connectivity index (χ3n) is 10.1. The van der Waals surface area contributed by atoms with E-state index in [1.807, 2.05) is 0 Å². The van der Waals surface area contributed by atoms with Crippen LogP contribution in [-0.2, 0) is 54.5 Å². The maximum atomic E-state index is 14.4. The molecule has 0 aliphatic carbocycles. The highest BCUT2D eigenvalue weighted by molar-refractivity contribution is 7.09. The molecule has 0 spiro atoms. The molecule has 3 heterocycles. The zero-order chi connectivity index (χ0) is 42.8. The van der Waals surface area contributed by atoms with Gasteiger partial charge in [0.25, 0.3) is 11.8 Å². The van der Waals surface area contributed by atoms with Gasteiger partial charge in [-0.3, -0.25) is 28.8 Å². The van der Waals surface area contributed by atoms with Crippen LogP contribution in [0, 0.1) is 11.7 Å². The van der Waals surface area contributed by atoms with Gasteiger partial charge in [0, 0.05) is 29.8 Å². The first kappa shape index (κ1) is 43.0. The van der Waals surface area contributed by atoms with Crippen molar-refractivity contribution in [3.63, 3.8) is 0 Å². The van der Waals surface area contributed by atoms with Crippen LogP contribution in [0.4, 0.5) is 10.1 Å². The number of carboxylic acids is 1. The number of aliphatic hydroxyl groups excluding tert-OH is 2. The highest BCUT2D eigenvalue weighted by Gasteiger charge is 2.36. The van der Waals surface area contributed by atoms with Gasteiger partial charge in [-0.25, -0.2) is 4.39 Å². The number of aliphatic carboxylic acids is 1. The van der Waals surface area contributed by atoms with Gasteiger partial charge < -0.3 is 36.6 Å². The zero-order valence-corrected chi connectivity index (χ0v) is 32.9. The number of hydrogen-bond donors (Lipinski definition) is 7. The lowest BCUT2D eigenvalue weighted by molar-refractivity contribution is -0.145.